The number of phenols is 1. The number of carbonyl (C=O) groups is 1. The van der Waals surface area contributed by atoms with Crippen molar-refractivity contribution in [3.05, 3.63) is 29.6 Å². The Bertz CT molecular complexity index is 903. The van der Waals surface area contributed by atoms with Crippen LogP contribution in [0, 0.1) is 5.82 Å². The lowest BCUT2D eigenvalue weighted by Crippen LogP contribution is -2.40. The first-order valence-electron chi connectivity index (χ1n) is 9.17. The molecule has 154 valence electrons. The van der Waals surface area contributed by atoms with Gasteiger partial charge in [0, 0.05) is 24.8 Å². The van der Waals surface area contributed by atoms with Crippen LogP contribution in [-0.2, 0) is 19.7 Å². The molecule has 1 fully saturated rings. The molecule has 2 aliphatic rings. The molecule has 0 radical (unpaired) electrons. The third-order valence-electron chi connectivity index (χ3n) is 4.93. The second-order valence-corrected chi connectivity index (χ2v) is 8.28. The van der Waals surface area contributed by atoms with Gasteiger partial charge in [-0.15, -0.1) is 0 Å². The van der Waals surface area contributed by atoms with E-state index in [-0.39, 0.29) is 17.7 Å². The second-order valence-electron chi connectivity index (χ2n) is 6.69. The number of carbonyl (C=O) groups excluding carboxylic acids is 1. The molecule has 1 unspecified atom stereocenters. The summed E-state index contributed by atoms with van der Waals surface area (Å²) in [6, 6.07) is 2.74. The Morgan fingerprint density at radius 3 is 2.71 bits per heavy atom. The third-order valence-corrected chi connectivity index (χ3v) is 6.31. The summed E-state index contributed by atoms with van der Waals surface area (Å²) in [5, 5.41) is 13.4. The Morgan fingerprint density at radius 1 is 1.36 bits per heavy atom. The van der Waals surface area contributed by atoms with E-state index in [0.717, 1.165) is 6.42 Å². The zero-order chi connectivity index (χ0) is 20.5. The summed E-state index contributed by atoms with van der Waals surface area (Å²) in [6.45, 7) is 4.30. The van der Waals surface area contributed by atoms with Gasteiger partial charge >= 0.3 is 10.2 Å². The number of anilines is 1. The minimum absolute atomic E-state index is 0.0482. The molecule has 8 nitrogen and oxygen atoms in total. The molecule has 2 atom stereocenters. The standard InChI is InChI=1S/C18H24FN3O5S/c1-3-13-15(27-4-2)8-5-11(9-20-13)12-6-7-14(23)18(17(12)19)22-10-16(24)21-28(22,25)26/h5-7,13,15,20,23H,3-4,8-10H2,1-2H3,(H,21,24)/t13-,15?/m1/s1. The number of ether oxygens (including phenoxy) is 1. The average Bonchev–Trinajstić information content (AvgIpc) is 2.79. The molecule has 2 heterocycles. The zero-order valence-electron chi connectivity index (χ0n) is 15.7. The summed E-state index contributed by atoms with van der Waals surface area (Å²) < 4.78 is 47.6. The maximum absolute atomic E-state index is 15.3. The van der Waals surface area contributed by atoms with E-state index >= 15 is 4.39 Å². The molecule has 1 amide bonds. The molecule has 0 saturated carbocycles. The van der Waals surface area contributed by atoms with E-state index in [2.05, 4.69) is 5.32 Å². The minimum Gasteiger partial charge on any atom is -0.506 e. The van der Waals surface area contributed by atoms with E-state index in [0.29, 0.717) is 29.5 Å². The van der Waals surface area contributed by atoms with Gasteiger partial charge in [0.15, 0.2) is 5.82 Å². The van der Waals surface area contributed by atoms with Crippen molar-refractivity contribution in [2.24, 2.45) is 0 Å². The maximum Gasteiger partial charge on any atom is 0.326 e. The summed E-state index contributed by atoms with van der Waals surface area (Å²) in [5.74, 6) is -2.23. The van der Waals surface area contributed by atoms with Gasteiger partial charge < -0.3 is 15.2 Å². The predicted octanol–water partition coefficient (Wildman–Crippen LogP) is 1.27. The molecule has 3 rings (SSSR count). The number of aromatic hydroxyl groups is 1. The average molecular weight is 413 g/mol. The Morgan fingerprint density at radius 2 is 2.11 bits per heavy atom. The van der Waals surface area contributed by atoms with Crippen LogP contribution in [0.1, 0.15) is 32.3 Å². The quantitative estimate of drug-likeness (QED) is 0.671. The number of amides is 1. The summed E-state index contributed by atoms with van der Waals surface area (Å²) in [7, 11) is -4.24. The van der Waals surface area contributed by atoms with Gasteiger partial charge in [0.05, 0.1) is 6.10 Å². The Balaban J connectivity index is 1.99. The zero-order valence-corrected chi connectivity index (χ0v) is 16.6. The van der Waals surface area contributed by atoms with Crippen LogP contribution in [0.15, 0.2) is 18.2 Å². The van der Waals surface area contributed by atoms with Crippen LogP contribution in [0.3, 0.4) is 0 Å². The summed E-state index contributed by atoms with van der Waals surface area (Å²) in [5.41, 5.74) is 0.270. The summed E-state index contributed by atoms with van der Waals surface area (Å²) in [6.07, 6.45) is 3.23. The normalized spacial score (nSPS) is 24.6. The van der Waals surface area contributed by atoms with E-state index in [4.69, 9.17) is 4.74 Å². The SMILES string of the molecule is CCOC1CC=C(c2ccc(O)c(N3CC(=O)NS3(=O)=O)c2F)CN[C@@H]1CC. The first-order valence-corrected chi connectivity index (χ1v) is 10.6. The number of nitrogens with one attached hydrogen (secondary N) is 2. The van der Waals surface area contributed by atoms with Gasteiger partial charge in [0.2, 0.25) is 0 Å². The fourth-order valence-corrected chi connectivity index (χ4v) is 4.73. The Hall–Kier alpha value is -2.17. The monoisotopic (exact) mass is 413 g/mol. The minimum atomic E-state index is -4.24. The van der Waals surface area contributed by atoms with Crippen molar-refractivity contribution in [1.29, 1.82) is 0 Å². The van der Waals surface area contributed by atoms with Crippen molar-refractivity contribution in [2.45, 2.75) is 38.8 Å². The highest BCUT2D eigenvalue weighted by molar-refractivity contribution is 7.92. The molecule has 1 saturated heterocycles. The highest BCUT2D eigenvalue weighted by Crippen LogP contribution is 2.37. The van der Waals surface area contributed by atoms with Crippen LogP contribution in [0.5, 0.6) is 5.75 Å². The van der Waals surface area contributed by atoms with Crippen molar-refractivity contribution in [3.8, 4) is 5.75 Å². The molecule has 28 heavy (non-hydrogen) atoms. The van der Waals surface area contributed by atoms with E-state index in [9.17, 15) is 18.3 Å². The maximum atomic E-state index is 15.3. The third kappa shape index (κ3) is 3.85. The topological polar surface area (TPSA) is 108 Å². The molecule has 3 N–H and O–H groups in total. The lowest BCUT2D eigenvalue weighted by molar-refractivity contribution is -0.117. The molecule has 1 aromatic rings. The predicted molar refractivity (Wildman–Crippen MR) is 103 cm³/mol. The first kappa shape index (κ1) is 20.6. The largest absolute Gasteiger partial charge is 0.506 e. The number of benzene rings is 1. The fraction of sp³-hybridized carbons (Fsp3) is 0.500. The van der Waals surface area contributed by atoms with Gasteiger partial charge in [-0.25, -0.2) is 13.4 Å². The molecule has 1 aromatic carbocycles. The molecule has 0 aliphatic carbocycles. The fourth-order valence-electron chi connectivity index (χ4n) is 3.56. The number of hydrogen-bond acceptors (Lipinski definition) is 6. The number of phenolic OH excluding ortho intramolecular Hbond substituents is 1. The lowest BCUT2D eigenvalue weighted by Gasteiger charge is -2.24. The van der Waals surface area contributed by atoms with Gasteiger partial charge in [0.1, 0.15) is 18.0 Å². The van der Waals surface area contributed by atoms with Crippen molar-refractivity contribution in [2.75, 3.05) is 24.0 Å². The number of nitrogens with zero attached hydrogens (tertiary/aromatic N) is 1. The lowest BCUT2D eigenvalue weighted by atomic mass is 10.0. The summed E-state index contributed by atoms with van der Waals surface area (Å²) in [4.78, 5) is 11.5. The van der Waals surface area contributed by atoms with Gasteiger partial charge in [0.25, 0.3) is 5.91 Å². The van der Waals surface area contributed by atoms with E-state index < -0.39 is 39.9 Å². The molecule has 0 aromatic heterocycles. The van der Waals surface area contributed by atoms with Crippen molar-refractivity contribution < 1.29 is 27.4 Å². The van der Waals surface area contributed by atoms with E-state index in [1.54, 1.807) is 4.72 Å². The molecule has 2 aliphatic heterocycles. The van der Waals surface area contributed by atoms with E-state index in [1.807, 2.05) is 19.9 Å². The van der Waals surface area contributed by atoms with Crippen LogP contribution in [0.2, 0.25) is 0 Å². The van der Waals surface area contributed by atoms with Crippen molar-refractivity contribution in [3.63, 3.8) is 0 Å². The Kier molecular flexibility index (Phi) is 5.92. The van der Waals surface area contributed by atoms with Gasteiger partial charge in [-0.3, -0.25) is 4.79 Å². The Labute approximate surface area is 163 Å². The van der Waals surface area contributed by atoms with Gasteiger partial charge in [-0.2, -0.15) is 8.42 Å². The summed E-state index contributed by atoms with van der Waals surface area (Å²) >= 11 is 0. The molecule has 10 heteroatoms. The highest BCUT2D eigenvalue weighted by atomic mass is 32.2. The van der Waals surface area contributed by atoms with Crippen LogP contribution >= 0.6 is 0 Å². The second kappa shape index (κ2) is 8.06. The van der Waals surface area contributed by atoms with Gasteiger partial charge in [-0.1, -0.05) is 13.0 Å². The van der Waals surface area contributed by atoms with E-state index in [1.165, 1.54) is 12.1 Å². The molecular formula is C18H24FN3O5S. The van der Waals surface area contributed by atoms with Crippen molar-refractivity contribution >= 4 is 27.4 Å². The van der Waals surface area contributed by atoms with Crippen LogP contribution in [-0.4, -0.2) is 51.3 Å². The number of halogens is 1. The number of hydrogen-bond donors (Lipinski definition) is 3. The molecule has 0 bridgehead atoms. The smallest absolute Gasteiger partial charge is 0.326 e. The van der Waals surface area contributed by atoms with Gasteiger partial charge in [-0.05, 0) is 37.5 Å². The van der Waals surface area contributed by atoms with Crippen molar-refractivity contribution in [1.82, 2.24) is 10.0 Å². The molecular weight excluding hydrogens is 389 g/mol. The van der Waals surface area contributed by atoms with Crippen LogP contribution < -0.4 is 14.3 Å². The first-order chi connectivity index (χ1) is 13.3. The molecule has 0 spiro atoms. The van der Waals surface area contributed by atoms with Crippen LogP contribution in [0.25, 0.3) is 5.57 Å². The highest BCUT2D eigenvalue weighted by Gasteiger charge is 2.38. The van der Waals surface area contributed by atoms with Crippen LogP contribution in [0.4, 0.5) is 10.1 Å². The number of rotatable bonds is 5.